The number of ether oxygens (including phenoxy) is 1. The number of carbonyl (C=O) groups excluding carboxylic acids is 1. The molecule has 0 aromatic heterocycles. The smallest absolute Gasteiger partial charge is 0.251 e. The van der Waals surface area contributed by atoms with Gasteiger partial charge in [0.25, 0.3) is 5.91 Å². The second kappa shape index (κ2) is 9.35. The van der Waals surface area contributed by atoms with Crippen LogP contribution in [0.1, 0.15) is 48.9 Å². The normalized spacial score (nSPS) is 26.6. The highest BCUT2D eigenvalue weighted by atomic mass is 16.5. The van der Waals surface area contributed by atoms with Crippen molar-refractivity contribution in [2.45, 2.75) is 56.7 Å². The number of nitrogens with one attached hydrogen (secondary N) is 1. The molecule has 26 heavy (non-hydrogen) atoms. The molecule has 1 saturated heterocycles. The van der Waals surface area contributed by atoms with E-state index in [1.807, 2.05) is 0 Å². The number of hydrogen-bond donors (Lipinski definition) is 3. The number of rotatable bonds is 7. The van der Waals surface area contributed by atoms with Crippen LogP contribution in [0.15, 0.2) is 24.3 Å². The zero-order chi connectivity index (χ0) is 18.4. The van der Waals surface area contributed by atoms with Crippen LogP contribution in [0.2, 0.25) is 0 Å². The van der Waals surface area contributed by atoms with E-state index < -0.39 is 6.10 Å². The van der Waals surface area contributed by atoms with Crippen molar-refractivity contribution in [3.8, 4) is 5.75 Å². The quantitative estimate of drug-likeness (QED) is 0.641. The Hall–Kier alpha value is -1.63. The number of aliphatic hydroxyl groups is 1. The van der Waals surface area contributed by atoms with Gasteiger partial charge in [0.1, 0.15) is 5.75 Å². The van der Waals surface area contributed by atoms with Crippen LogP contribution < -0.4 is 15.8 Å². The molecule has 2 fully saturated rings. The molecule has 1 aliphatic heterocycles. The fourth-order valence-corrected chi connectivity index (χ4v) is 4.01. The second-order valence-corrected chi connectivity index (χ2v) is 7.33. The van der Waals surface area contributed by atoms with E-state index in [1.54, 1.807) is 24.3 Å². The maximum atomic E-state index is 12.6. The maximum Gasteiger partial charge on any atom is 0.251 e. The largest absolute Gasteiger partial charge is 0.494 e. The first kappa shape index (κ1) is 19.1. The molecule has 3 atom stereocenters. The van der Waals surface area contributed by atoms with Crippen LogP contribution in [-0.4, -0.2) is 60.3 Å². The van der Waals surface area contributed by atoms with Crippen molar-refractivity contribution < 1.29 is 14.6 Å². The van der Waals surface area contributed by atoms with Gasteiger partial charge in [0, 0.05) is 11.6 Å². The first-order valence-electron chi connectivity index (χ1n) is 9.85. The highest BCUT2D eigenvalue weighted by Crippen LogP contribution is 2.27. The highest BCUT2D eigenvalue weighted by molar-refractivity contribution is 5.94. The van der Waals surface area contributed by atoms with E-state index >= 15 is 0 Å². The maximum absolute atomic E-state index is 12.6. The number of nitrogens with zero attached hydrogens (tertiary/aromatic N) is 1. The molecule has 1 amide bonds. The number of likely N-dealkylation sites (tertiary alicyclic amines) is 1. The summed E-state index contributed by atoms with van der Waals surface area (Å²) in [5.74, 6) is 0.603. The van der Waals surface area contributed by atoms with Crippen molar-refractivity contribution in [1.82, 2.24) is 10.2 Å². The third kappa shape index (κ3) is 4.75. The van der Waals surface area contributed by atoms with Gasteiger partial charge < -0.3 is 20.9 Å². The lowest BCUT2D eigenvalue weighted by molar-refractivity contribution is 0.00704. The molecule has 1 saturated carbocycles. The summed E-state index contributed by atoms with van der Waals surface area (Å²) >= 11 is 0. The van der Waals surface area contributed by atoms with Gasteiger partial charge in [0.2, 0.25) is 0 Å². The van der Waals surface area contributed by atoms with E-state index in [-0.39, 0.29) is 18.0 Å². The van der Waals surface area contributed by atoms with Gasteiger partial charge in [0.05, 0.1) is 18.8 Å². The monoisotopic (exact) mass is 361 g/mol. The molecule has 3 rings (SSSR count). The predicted molar refractivity (Wildman–Crippen MR) is 101 cm³/mol. The summed E-state index contributed by atoms with van der Waals surface area (Å²) in [7, 11) is 0. The Balaban J connectivity index is 1.54. The fraction of sp³-hybridized carbons (Fsp3) is 0.650. The number of hydrogen-bond acceptors (Lipinski definition) is 5. The molecule has 4 N–H and O–H groups in total. The Labute approximate surface area is 155 Å². The van der Waals surface area contributed by atoms with E-state index in [0.29, 0.717) is 18.7 Å². The zero-order valence-corrected chi connectivity index (χ0v) is 15.4. The topological polar surface area (TPSA) is 87.8 Å². The van der Waals surface area contributed by atoms with Crippen LogP contribution >= 0.6 is 0 Å². The van der Waals surface area contributed by atoms with Crippen LogP contribution in [0.4, 0.5) is 0 Å². The Morgan fingerprint density at radius 2 is 1.92 bits per heavy atom. The van der Waals surface area contributed by atoms with E-state index in [4.69, 9.17) is 10.5 Å². The van der Waals surface area contributed by atoms with Gasteiger partial charge in [-0.2, -0.15) is 0 Å². The van der Waals surface area contributed by atoms with Crippen molar-refractivity contribution in [3.05, 3.63) is 29.8 Å². The Kier molecular flexibility index (Phi) is 6.88. The minimum Gasteiger partial charge on any atom is -0.494 e. The molecule has 144 valence electrons. The Bertz CT molecular complexity index is 572. The van der Waals surface area contributed by atoms with Crippen molar-refractivity contribution in [1.29, 1.82) is 0 Å². The molecule has 1 aromatic rings. The van der Waals surface area contributed by atoms with Crippen molar-refractivity contribution in [2.75, 3.05) is 26.2 Å². The number of aliphatic hydroxyl groups excluding tert-OH is 1. The molecule has 6 heteroatoms. The van der Waals surface area contributed by atoms with Crippen LogP contribution in [0.3, 0.4) is 0 Å². The third-order valence-corrected chi connectivity index (χ3v) is 5.48. The average molecular weight is 361 g/mol. The summed E-state index contributed by atoms with van der Waals surface area (Å²) in [5, 5.41) is 13.8. The molecule has 1 aromatic carbocycles. The summed E-state index contributed by atoms with van der Waals surface area (Å²) < 4.78 is 5.56. The minimum absolute atomic E-state index is 0.135. The average Bonchev–Trinajstić information content (AvgIpc) is 3.18. The van der Waals surface area contributed by atoms with Crippen molar-refractivity contribution in [2.24, 2.45) is 5.73 Å². The highest BCUT2D eigenvalue weighted by Gasteiger charge is 2.37. The van der Waals surface area contributed by atoms with E-state index in [9.17, 15) is 9.90 Å². The lowest BCUT2D eigenvalue weighted by Gasteiger charge is -2.40. The summed E-state index contributed by atoms with van der Waals surface area (Å²) in [6, 6.07) is 7.13. The van der Waals surface area contributed by atoms with Gasteiger partial charge in [-0.25, -0.2) is 0 Å². The van der Waals surface area contributed by atoms with Gasteiger partial charge in [-0.05, 0) is 82.4 Å². The number of amides is 1. The van der Waals surface area contributed by atoms with Crippen LogP contribution in [0.5, 0.6) is 5.75 Å². The van der Waals surface area contributed by atoms with Crippen LogP contribution in [0.25, 0.3) is 0 Å². The fourth-order valence-electron chi connectivity index (χ4n) is 4.01. The number of carbonyl (C=O) groups is 1. The molecule has 1 heterocycles. The summed E-state index contributed by atoms with van der Waals surface area (Å²) in [6.07, 6.45) is 5.61. The molecule has 0 spiro atoms. The first-order valence-corrected chi connectivity index (χ1v) is 9.85. The number of benzene rings is 1. The minimum atomic E-state index is -0.496. The summed E-state index contributed by atoms with van der Waals surface area (Å²) in [6.45, 7) is 3.30. The van der Waals surface area contributed by atoms with E-state index in [1.165, 1.54) is 12.8 Å². The second-order valence-electron chi connectivity index (χ2n) is 7.33. The molecule has 0 unspecified atom stereocenters. The summed E-state index contributed by atoms with van der Waals surface area (Å²) in [4.78, 5) is 15.0. The molecule has 2 aliphatic rings. The Morgan fingerprint density at radius 3 is 2.62 bits per heavy atom. The number of nitrogens with two attached hydrogens (primary N) is 1. The molecule has 6 nitrogen and oxygen atoms in total. The molecule has 0 bridgehead atoms. The first-order chi connectivity index (χ1) is 12.7. The zero-order valence-electron chi connectivity index (χ0n) is 15.4. The standard InChI is InChI=1S/C20H31N3O3/c21-11-4-14-26-16-9-7-15(8-10-16)20(25)22-17-5-3-6-18(19(17)24)23-12-1-2-13-23/h7-10,17-19,24H,1-6,11-14,21H2,(H,22,25)/t17-,18-,19-/m1/s1. The molecule has 0 radical (unpaired) electrons. The predicted octanol–water partition coefficient (Wildman–Crippen LogP) is 1.52. The van der Waals surface area contributed by atoms with Crippen LogP contribution in [0, 0.1) is 0 Å². The summed E-state index contributed by atoms with van der Waals surface area (Å²) in [5.41, 5.74) is 6.04. The molecule has 1 aliphatic carbocycles. The van der Waals surface area contributed by atoms with E-state index in [0.717, 1.165) is 44.5 Å². The van der Waals surface area contributed by atoms with Gasteiger partial charge in [0.15, 0.2) is 0 Å². The van der Waals surface area contributed by atoms with Gasteiger partial charge in [-0.15, -0.1) is 0 Å². The molecular formula is C20H31N3O3. The Morgan fingerprint density at radius 1 is 1.19 bits per heavy atom. The van der Waals surface area contributed by atoms with Crippen molar-refractivity contribution in [3.63, 3.8) is 0 Å². The SMILES string of the molecule is NCCCOc1ccc(C(=O)N[C@@H]2CCC[C@@H](N3CCCC3)[C@@H]2O)cc1. The third-order valence-electron chi connectivity index (χ3n) is 5.48. The van der Waals surface area contributed by atoms with E-state index in [2.05, 4.69) is 10.2 Å². The van der Waals surface area contributed by atoms with Gasteiger partial charge in [-0.3, -0.25) is 9.69 Å². The van der Waals surface area contributed by atoms with Gasteiger partial charge >= 0.3 is 0 Å². The molecular weight excluding hydrogens is 330 g/mol. The lowest BCUT2D eigenvalue weighted by atomic mass is 9.87. The lowest BCUT2D eigenvalue weighted by Crippen LogP contribution is -2.56. The van der Waals surface area contributed by atoms with Gasteiger partial charge in [-0.1, -0.05) is 0 Å². The van der Waals surface area contributed by atoms with Crippen LogP contribution in [-0.2, 0) is 0 Å². The van der Waals surface area contributed by atoms with Crippen molar-refractivity contribution >= 4 is 5.91 Å².